The molecule has 2 aliphatic rings. The van der Waals surface area contributed by atoms with E-state index in [9.17, 15) is 34.8 Å². The molecule has 8 rings (SSSR count). The summed E-state index contributed by atoms with van der Waals surface area (Å²) in [6, 6.07) is 34.3. The first-order valence-electron chi connectivity index (χ1n) is 20.1. The number of carboxylic acids is 1. The molecular weight excluding hydrogens is 757 g/mol. The Labute approximate surface area is 348 Å². The number of hydrogen-bond acceptors (Lipinski definition) is 7. The van der Waals surface area contributed by atoms with Crippen molar-refractivity contribution in [3.8, 4) is 12.1 Å². The van der Waals surface area contributed by atoms with Crippen LogP contribution in [0.15, 0.2) is 97.1 Å². The van der Waals surface area contributed by atoms with Gasteiger partial charge in [0.1, 0.15) is 13.1 Å². The summed E-state index contributed by atoms with van der Waals surface area (Å²) in [7, 11) is 3.60. The van der Waals surface area contributed by atoms with Crippen LogP contribution in [0.1, 0.15) is 53.4 Å². The lowest BCUT2D eigenvalue weighted by atomic mass is 9.85. The van der Waals surface area contributed by atoms with E-state index in [-0.39, 0.29) is 42.7 Å². The third kappa shape index (κ3) is 8.23. The number of carbonyl (C=O) groups is 4. The van der Waals surface area contributed by atoms with Gasteiger partial charge in [0.2, 0.25) is 11.8 Å². The Kier molecular flexibility index (Phi) is 12.1. The fourth-order valence-corrected chi connectivity index (χ4v) is 8.80. The highest BCUT2D eigenvalue weighted by Gasteiger charge is 2.33. The van der Waals surface area contributed by atoms with E-state index in [2.05, 4.69) is 12.1 Å². The molecule has 0 radical (unpaired) electrons. The summed E-state index contributed by atoms with van der Waals surface area (Å²) >= 11 is 0. The second-order valence-electron chi connectivity index (χ2n) is 15.3. The minimum absolute atomic E-state index is 0.0532. The third-order valence-corrected chi connectivity index (χ3v) is 11.7. The van der Waals surface area contributed by atoms with Crippen molar-refractivity contribution in [1.29, 1.82) is 10.5 Å². The number of aromatic nitrogens is 2. The Hall–Kier alpha value is -7.18. The van der Waals surface area contributed by atoms with E-state index in [0.717, 1.165) is 55.7 Å². The SMILES string of the molecule is CCOC(=O)Cn1c2c(c3cc(C#N)ccc31)CC(C(=O)N(C)c1ccccc1)CC2.CN(C(=O)C1CCc2c(c3cc(C#N)ccc3n2CC(=O)O)C1)c1ccccc1. The number of anilines is 2. The van der Waals surface area contributed by atoms with Gasteiger partial charge in [0.05, 0.1) is 29.9 Å². The van der Waals surface area contributed by atoms with Gasteiger partial charge in [-0.3, -0.25) is 19.2 Å². The van der Waals surface area contributed by atoms with Gasteiger partial charge in [0.25, 0.3) is 0 Å². The number of rotatable bonds is 9. The maximum absolute atomic E-state index is 13.2. The van der Waals surface area contributed by atoms with Gasteiger partial charge >= 0.3 is 11.9 Å². The highest BCUT2D eigenvalue weighted by Crippen LogP contribution is 2.38. The molecule has 2 atom stereocenters. The summed E-state index contributed by atoms with van der Waals surface area (Å²) in [4.78, 5) is 53.4. The fraction of sp³-hybridized carbons (Fsp3) is 0.292. The van der Waals surface area contributed by atoms with Crippen LogP contribution in [0.5, 0.6) is 0 Å². The topological polar surface area (TPSA) is 162 Å². The molecule has 2 aromatic heterocycles. The average molecular weight is 803 g/mol. The van der Waals surface area contributed by atoms with E-state index in [1.54, 1.807) is 42.0 Å². The zero-order valence-corrected chi connectivity index (χ0v) is 33.9. The number of benzene rings is 4. The van der Waals surface area contributed by atoms with Crippen molar-refractivity contribution in [2.45, 2.75) is 58.5 Å². The summed E-state index contributed by atoms with van der Waals surface area (Å²) in [6.45, 7) is 2.13. The number of ether oxygens (including phenoxy) is 1. The van der Waals surface area contributed by atoms with Gasteiger partial charge in [0.15, 0.2) is 0 Å². The second-order valence-corrected chi connectivity index (χ2v) is 15.3. The molecule has 4 aromatic carbocycles. The zero-order chi connectivity index (χ0) is 42.5. The molecule has 0 spiro atoms. The number of nitrogens with zero attached hydrogens (tertiary/aromatic N) is 6. The van der Waals surface area contributed by atoms with Crippen LogP contribution in [0.25, 0.3) is 21.8 Å². The number of nitriles is 2. The third-order valence-electron chi connectivity index (χ3n) is 11.7. The van der Waals surface area contributed by atoms with Crippen molar-refractivity contribution >= 4 is 56.9 Å². The fourth-order valence-electron chi connectivity index (χ4n) is 8.80. The van der Waals surface area contributed by atoms with E-state index < -0.39 is 5.97 Å². The van der Waals surface area contributed by atoms with Crippen LogP contribution in [0.3, 0.4) is 0 Å². The molecule has 0 fully saturated rings. The van der Waals surface area contributed by atoms with E-state index in [1.807, 2.05) is 95.0 Å². The summed E-state index contributed by atoms with van der Waals surface area (Å²) in [5.41, 5.74) is 8.60. The Morgan fingerprint density at radius 3 is 1.52 bits per heavy atom. The van der Waals surface area contributed by atoms with Crippen molar-refractivity contribution in [3.63, 3.8) is 0 Å². The second kappa shape index (κ2) is 17.8. The van der Waals surface area contributed by atoms with Crippen molar-refractivity contribution in [1.82, 2.24) is 9.13 Å². The maximum Gasteiger partial charge on any atom is 0.325 e. The minimum Gasteiger partial charge on any atom is -0.480 e. The standard InChI is InChI=1S/C25H25N3O3.C23H21N3O3/c1-3-31-24(29)16-28-22-11-9-17(15-26)13-20(22)21-14-18(10-12-23(21)28)25(30)27(2)19-7-5-4-6-8-19;1-25(17-5-3-2-4-6-17)23(29)16-8-10-21-19(12-16)18-11-15(13-24)7-9-20(18)26(21)14-22(27)28/h4-9,11,13,18H,3,10,12,14,16H2,1-2H3;2-7,9,11,16H,8,10,12,14H2,1H3,(H,27,28). The first kappa shape index (κ1) is 41.0. The first-order chi connectivity index (χ1) is 29.0. The smallest absolute Gasteiger partial charge is 0.325 e. The number of carboxylic acid groups (broad SMARTS) is 1. The number of fused-ring (bicyclic) bond motifs is 6. The van der Waals surface area contributed by atoms with Crippen LogP contribution in [0.2, 0.25) is 0 Å². The van der Waals surface area contributed by atoms with Gasteiger partial charge in [-0.1, -0.05) is 36.4 Å². The molecule has 60 heavy (non-hydrogen) atoms. The van der Waals surface area contributed by atoms with Gasteiger partial charge in [0, 0.05) is 70.5 Å². The molecule has 2 aliphatic carbocycles. The zero-order valence-electron chi connectivity index (χ0n) is 33.9. The average Bonchev–Trinajstić information content (AvgIpc) is 3.75. The molecule has 0 bridgehead atoms. The van der Waals surface area contributed by atoms with Crippen LogP contribution < -0.4 is 9.80 Å². The number of carbonyl (C=O) groups excluding carboxylic acids is 3. The first-order valence-corrected chi connectivity index (χ1v) is 20.1. The lowest BCUT2D eigenvalue weighted by molar-refractivity contribution is -0.144. The molecular formula is C48H46N6O6. The highest BCUT2D eigenvalue weighted by atomic mass is 16.5. The van der Waals surface area contributed by atoms with Crippen LogP contribution in [-0.2, 0) is 62.7 Å². The van der Waals surface area contributed by atoms with E-state index in [0.29, 0.717) is 56.3 Å². The lowest BCUT2D eigenvalue weighted by Crippen LogP contribution is -2.36. The predicted molar refractivity (Wildman–Crippen MR) is 228 cm³/mol. The number of esters is 1. The Morgan fingerprint density at radius 1 is 0.683 bits per heavy atom. The number of amides is 2. The summed E-state index contributed by atoms with van der Waals surface area (Å²) in [5.74, 6) is -1.38. The molecule has 304 valence electrons. The molecule has 2 heterocycles. The van der Waals surface area contributed by atoms with Crippen LogP contribution >= 0.6 is 0 Å². The molecule has 2 unspecified atom stereocenters. The molecule has 6 aromatic rings. The highest BCUT2D eigenvalue weighted by molar-refractivity contribution is 5.97. The van der Waals surface area contributed by atoms with Gasteiger partial charge < -0.3 is 28.8 Å². The Bertz CT molecular complexity index is 2690. The van der Waals surface area contributed by atoms with E-state index >= 15 is 0 Å². The monoisotopic (exact) mass is 802 g/mol. The lowest BCUT2D eigenvalue weighted by Gasteiger charge is -2.27. The molecule has 0 saturated carbocycles. The van der Waals surface area contributed by atoms with Crippen molar-refractivity contribution in [3.05, 3.63) is 131 Å². The molecule has 1 N–H and O–H groups in total. The number of hydrogen-bond donors (Lipinski definition) is 1. The number of aliphatic carboxylic acids is 1. The molecule has 0 saturated heterocycles. The maximum atomic E-state index is 13.2. The van der Waals surface area contributed by atoms with Crippen LogP contribution in [0.4, 0.5) is 11.4 Å². The van der Waals surface area contributed by atoms with Crippen LogP contribution in [0, 0.1) is 34.5 Å². The Morgan fingerprint density at radius 2 is 1.12 bits per heavy atom. The van der Waals surface area contributed by atoms with Gasteiger partial charge in [-0.25, -0.2) is 0 Å². The van der Waals surface area contributed by atoms with Crippen molar-refractivity contribution in [2.24, 2.45) is 11.8 Å². The quantitative estimate of drug-likeness (QED) is 0.150. The van der Waals surface area contributed by atoms with Gasteiger partial charge in [-0.15, -0.1) is 0 Å². The summed E-state index contributed by atoms with van der Waals surface area (Å²) in [5, 5.41) is 29.8. The van der Waals surface area contributed by atoms with Crippen LogP contribution in [-0.4, -0.2) is 58.7 Å². The molecule has 2 amide bonds. The Balaban J connectivity index is 0.000000182. The molecule has 0 aliphatic heterocycles. The largest absolute Gasteiger partial charge is 0.480 e. The van der Waals surface area contributed by atoms with E-state index in [1.165, 1.54) is 0 Å². The van der Waals surface area contributed by atoms with Gasteiger partial charge in [-0.2, -0.15) is 10.5 Å². The number of para-hydroxylation sites is 2. The summed E-state index contributed by atoms with van der Waals surface area (Å²) in [6.07, 6.45) is 3.86. The van der Waals surface area contributed by atoms with Gasteiger partial charge in [-0.05, 0) is 117 Å². The molecule has 12 nitrogen and oxygen atoms in total. The van der Waals surface area contributed by atoms with Crippen molar-refractivity contribution < 1.29 is 29.0 Å². The normalized spacial score (nSPS) is 15.3. The summed E-state index contributed by atoms with van der Waals surface area (Å²) < 4.78 is 8.97. The van der Waals surface area contributed by atoms with Crippen molar-refractivity contribution in [2.75, 3.05) is 30.5 Å². The molecule has 12 heteroatoms. The minimum atomic E-state index is -0.906. The predicted octanol–water partition coefficient (Wildman–Crippen LogP) is 7.21. The van der Waals surface area contributed by atoms with E-state index in [4.69, 9.17) is 4.74 Å².